The smallest absolute Gasteiger partial charge is 0.471 e. The summed E-state index contributed by atoms with van der Waals surface area (Å²) in [5, 5.41) is 2.74. The van der Waals surface area contributed by atoms with Crippen LogP contribution in [0.4, 0.5) is 18.9 Å². The summed E-state index contributed by atoms with van der Waals surface area (Å²) in [6, 6.07) is 5.01. The van der Waals surface area contributed by atoms with E-state index in [1.54, 1.807) is 18.2 Å². The van der Waals surface area contributed by atoms with Crippen molar-refractivity contribution in [2.24, 2.45) is 5.92 Å². The van der Waals surface area contributed by atoms with E-state index in [9.17, 15) is 22.8 Å². The maximum Gasteiger partial charge on any atom is 0.471 e. The molecule has 25 heavy (non-hydrogen) atoms. The van der Waals surface area contributed by atoms with Gasteiger partial charge in [-0.25, -0.2) is 0 Å². The number of piperidine rings is 1. The van der Waals surface area contributed by atoms with Crippen LogP contribution in [-0.2, 0) is 9.59 Å². The summed E-state index contributed by atoms with van der Waals surface area (Å²) in [7, 11) is 0. The molecule has 0 atom stereocenters. The van der Waals surface area contributed by atoms with Crippen LogP contribution in [0.25, 0.3) is 0 Å². The number of carbonyl (C=O) groups excluding carboxylic acids is 2. The van der Waals surface area contributed by atoms with E-state index in [1.165, 1.54) is 0 Å². The van der Waals surface area contributed by atoms with E-state index >= 15 is 0 Å². The van der Waals surface area contributed by atoms with Crippen molar-refractivity contribution < 1.29 is 32.2 Å². The summed E-state index contributed by atoms with van der Waals surface area (Å²) in [4.78, 5) is 24.2. The first kappa shape index (κ1) is 17.4. The van der Waals surface area contributed by atoms with E-state index in [0.717, 1.165) is 4.90 Å². The van der Waals surface area contributed by atoms with Crippen molar-refractivity contribution in [3.8, 4) is 11.5 Å². The largest absolute Gasteiger partial charge is 0.486 e. The van der Waals surface area contributed by atoms with Crippen LogP contribution >= 0.6 is 0 Å². The van der Waals surface area contributed by atoms with Gasteiger partial charge in [0, 0.05) is 30.8 Å². The molecule has 2 aliphatic heterocycles. The first-order valence-corrected chi connectivity index (χ1v) is 7.91. The van der Waals surface area contributed by atoms with Crippen molar-refractivity contribution in [1.82, 2.24) is 4.90 Å². The molecule has 3 rings (SSSR count). The normalized spacial score (nSPS) is 18.0. The van der Waals surface area contributed by atoms with Gasteiger partial charge in [-0.05, 0) is 25.0 Å². The second-order valence-corrected chi connectivity index (χ2v) is 5.91. The summed E-state index contributed by atoms with van der Waals surface area (Å²) in [5.41, 5.74) is 0.531. The Hall–Kier alpha value is -2.45. The molecular weight excluding hydrogens is 341 g/mol. The van der Waals surface area contributed by atoms with Gasteiger partial charge >= 0.3 is 12.1 Å². The van der Waals surface area contributed by atoms with Crippen molar-refractivity contribution in [2.75, 3.05) is 31.6 Å². The van der Waals surface area contributed by atoms with Gasteiger partial charge in [-0.2, -0.15) is 13.2 Å². The predicted molar refractivity (Wildman–Crippen MR) is 81.4 cm³/mol. The lowest BCUT2D eigenvalue weighted by molar-refractivity contribution is -0.186. The second kappa shape index (κ2) is 6.81. The number of rotatable bonds is 2. The molecule has 2 aliphatic rings. The Morgan fingerprint density at radius 1 is 1.08 bits per heavy atom. The van der Waals surface area contributed by atoms with Crippen molar-refractivity contribution in [1.29, 1.82) is 0 Å². The van der Waals surface area contributed by atoms with E-state index in [0.29, 0.717) is 30.4 Å². The Balaban J connectivity index is 1.56. The Morgan fingerprint density at radius 3 is 2.36 bits per heavy atom. The Kier molecular flexibility index (Phi) is 4.73. The Labute approximate surface area is 141 Å². The minimum atomic E-state index is -4.87. The number of hydrogen-bond donors (Lipinski definition) is 1. The first-order valence-electron chi connectivity index (χ1n) is 7.91. The number of halogens is 3. The number of anilines is 1. The maximum atomic E-state index is 12.4. The number of fused-ring (bicyclic) bond motifs is 1. The quantitative estimate of drug-likeness (QED) is 0.880. The highest BCUT2D eigenvalue weighted by molar-refractivity contribution is 5.93. The molecule has 0 unspecified atom stereocenters. The number of hydrogen-bond acceptors (Lipinski definition) is 4. The molecule has 2 amide bonds. The van der Waals surface area contributed by atoms with Gasteiger partial charge in [-0.3, -0.25) is 9.59 Å². The fraction of sp³-hybridized carbons (Fsp3) is 0.500. The van der Waals surface area contributed by atoms with Crippen LogP contribution in [0, 0.1) is 5.92 Å². The molecule has 0 aromatic heterocycles. The van der Waals surface area contributed by atoms with E-state index in [-0.39, 0.29) is 31.8 Å². The molecule has 1 aromatic rings. The van der Waals surface area contributed by atoms with Gasteiger partial charge in [0.15, 0.2) is 11.5 Å². The Morgan fingerprint density at radius 2 is 1.72 bits per heavy atom. The standard InChI is InChI=1S/C16H17F3N2O4/c17-16(18,19)15(23)21-5-3-10(4-6-21)14(22)20-11-1-2-12-13(9-11)25-8-7-24-12/h1-2,9-10H,3-8H2,(H,20,22). The molecular formula is C16H17F3N2O4. The van der Waals surface area contributed by atoms with Gasteiger partial charge < -0.3 is 19.7 Å². The summed E-state index contributed by atoms with van der Waals surface area (Å²) >= 11 is 0. The summed E-state index contributed by atoms with van der Waals surface area (Å²) in [6.07, 6.45) is -4.49. The molecule has 9 heteroatoms. The lowest BCUT2D eigenvalue weighted by Crippen LogP contribution is -2.46. The third-order valence-electron chi connectivity index (χ3n) is 4.21. The van der Waals surface area contributed by atoms with Crippen LogP contribution < -0.4 is 14.8 Å². The number of likely N-dealkylation sites (tertiary alicyclic amines) is 1. The summed E-state index contributed by atoms with van der Waals surface area (Å²) < 4.78 is 48.1. The van der Waals surface area contributed by atoms with Gasteiger partial charge in [-0.1, -0.05) is 0 Å². The molecule has 0 saturated carbocycles. The van der Waals surface area contributed by atoms with E-state index in [1.807, 2.05) is 0 Å². The number of amides is 2. The van der Waals surface area contributed by atoms with Gasteiger partial charge in [0.05, 0.1) is 0 Å². The van der Waals surface area contributed by atoms with E-state index in [2.05, 4.69) is 5.32 Å². The van der Waals surface area contributed by atoms with Crippen molar-refractivity contribution >= 4 is 17.5 Å². The van der Waals surface area contributed by atoms with Crippen LogP contribution in [0.5, 0.6) is 11.5 Å². The third kappa shape index (κ3) is 3.97. The zero-order chi connectivity index (χ0) is 18.0. The van der Waals surface area contributed by atoms with Crippen molar-refractivity contribution in [3.05, 3.63) is 18.2 Å². The van der Waals surface area contributed by atoms with Crippen LogP contribution in [-0.4, -0.2) is 49.2 Å². The number of nitrogens with one attached hydrogen (secondary N) is 1. The average Bonchev–Trinajstić information content (AvgIpc) is 2.60. The first-order chi connectivity index (χ1) is 11.8. The zero-order valence-corrected chi connectivity index (χ0v) is 13.3. The van der Waals surface area contributed by atoms with Gasteiger partial charge in [0.1, 0.15) is 13.2 Å². The van der Waals surface area contributed by atoms with E-state index in [4.69, 9.17) is 9.47 Å². The predicted octanol–water partition coefficient (Wildman–Crippen LogP) is 2.20. The molecule has 2 heterocycles. The van der Waals surface area contributed by atoms with Gasteiger partial charge in [0.2, 0.25) is 5.91 Å². The van der Waals surface area contributed by atoms with Crippen LogP contribution in [0.1, 0.15) is 12.8 Å². The van der Waals surface area contributed by atoms with Crippen molar-refractivity contribution in [3.63, 3.8) is 0 Å². The SMILES string of the molecule is O=C(Nc1ccc2c(c1)OCCO2)C1CCN(C(=O)C(F)(F)F)CC1. The highest BCUT2D eigenvalue weighted by Crippen LogP contribution is 2.33. The average molecular weight is 358 g/mol. The zero-order valence-electron chi connectivity index (χ0n) is 13.3. The monoisotopic (exact) mass is 358 g/mol. The summed E-state index contributed by atoms with van der Waals surface area (Å²) in [5.74, 6) is -1.43. The number of benzene rings is 1. The van der Waals surface area contributed by atoms with Gasteiger partial charge in [-0.15, -0.1) is 0 Å². The molecule has 1 fully saturated rings. The molecule has 0 radical (unpaired) electrons. The molecule has 0 aliphatic carbocycles. The molecule has 136 valence electrons. The fourth-order valence-electron chi connectivity index (χ4n) is 2.89. The molecule has 0 spiro atoms. The third-order valence-corrected chi connectivity index (χ3v) is 4.21. The van der Waals surface area contributed by atoms with E-state index < -0.39 is 18.0 Å². The highest BCUT2D eigenvalue weighted by atomic mass is 19.4. The van der Waals surface area contributed by atoms with Crippen molar-refractivity contribution in [2.45, 2.75) is 19.0 Å². The number of nitrogens with zero attached hydrogens (tertiary/aromatic N) is 1. The van der Waals surface area contributed by atoms with Crippen LogP contribution in [0.3, 0.4) is 0 Å². The second-order valence-electron chi connectivity index (χ2n) is 5.91. The number of alkyl halides is 3. The number of ether oxygens (including phenoxy) is 2. The molecule has 1 aromatic carbocycles. The molecule has 1 saturated heterocycles. The molecule has 1 N–H and O–H groups in total. The van der Waals surface area contributed by atoms with Crippen LogP contribution in [0.2, 0.25) is 0 Å². The van der Waals surface area contributed by atoms with Gasteiger partial charge in [0.25, 0.3) is 0 Å². The minimum Gasteiger partial charge on any atom is -0.486 e. The minimum absolute atomic E-state index is 0.0857. The topological polar surface area (TPSA) is 67.9 Å². The lowest BCUT2D eigenvalue weighted by Gasteiger charge is -2.31. The lowest BCUT2D eigenvalue weighted by atomic mass is 9.95. The Bertz CT molecular complexity index is 670. The summed E-state index contributed by atoms with van der Waals surface area (Å²) in [6.45, 7) is 0.721. The highest BCUT2D eigenvalue weighted by Gasteiger charge is 2.43. The number of carbonyl (C=O) groups is 2. The maximum absolute atomic E-state index is 12.4. The van der Waals surface area contributed by atoms with Crippen LogP contribution in [0.15, 0.2) is 18.2 Å². The fourth-order valence-corrected chi connectivity index (χ4v) is 2.89. The molecule has 0 bridgehead atoms. The molecule has 6 nitrogen and oxygen atoms in total.